The largest absolute Gasteiger partial charge is 0.497 e. The number of imidazole rings is 1. The lowest BCUT2D eigenvalue weighted by Crippen LogP contribution is -2.25. The molecule has 7 heteroatoms. The Balaban J connectivity index is 1.41. The average Bonchev–Trinajstić information content (AvgIpc) is 3.18. The van der Waals surface area contributed by atoms with E-state index in [2.05, 4.69) is 25.8 Å². The van der Waals surface area contributed by atoms with E-state index >= 15 is 0 Å². The summed E-state index contributed by atoms with van der Waals surface area (Å²) >= 11 is 3.39. The van der Waals surface area contributed by atoms with Gasteiger partial charge in [0, 0.05) is 22.6 Å². The number of hydrogen-bond acceptors (Lipinski definition) is 4. The van der Waals surface area contributed by atoms with Gasteiger partial charge in [-0.1, -0.05) is 34.1 Å². The summed E-state index contributed by atoms with van der Waals surface area (Å²) in [5.41, 5.74) is 2.57. The Labute approximate surface area is 195 Å². The van der Waals surface area contributed by atoms with Crippen molar-refractivity contribution in [3.05, 3.63) is 88.7 Å². The second-order valence-electron chi connectivity index (χ2n) is 7.24. The van der Waals surface area contributed by atoms with Crippen molar-refractivity contribution in [2.75, 3.05) is 13.7 Å². The van der Waals surface area contributed by atoms with Gasteiger partial charge < -0.3 is 19.4 Å². The maximum absolute atomic E-state index is 12.5. The molecule has 1 heterocycles. The number of rotatable bonds is 9. The van der Waals surface area contributed by atoms with Crippen LogP contribution in [-0.4, -0.2) is 29.2 Å². The standard InChI is InChI=1S/C25H24BrN3O3/c1-31-20-6-4-7-21(16-20)32-15-5-14-29-23-9-3-2-8-22(23)28-24(29)17-27-25(30)18-10-12-19(26)13-11-18/h2-4,6-13,16H,5,14-15,17H2,1H3,(H,27,30). The van der Waals surface area contributed by atoms with Gasteiger partial charge in [0.25, 0.3) is 5.91 Å². The molecule has 1 N–H and O–H groups in total. The van der Waals surface area contributed by atoms with Crippen molar-refractivity contribution in [1.82, 2.24) is 14.9 Å². The first-order valence-electron chi connectivity index (χ1n) is 10.4. The monoisotopic (exact) mass is 493 g/mol. The fourth-order valence-electron chi connectivity index (χ4n) is 3.48. The van der Waals surface area contributed by atoms with Crippen LogP contribution in [0.4, 0.5) is 0 Å². The molecular formula is C25H24BrN3O3. The second-order valence-corrected chi connectivity index (χ2v) is 8.15. The van der Waals surface area contributed by atoms with Crippen molar-refractivity contribution in [2.24, 2.45) is 0 Å². The smallest absolute Gasteiger partial charge is 0.251 e. The zero-order valence-corrected chi connectivity index (χ0v) is 19.3. The van der Waals surface area contributed by atoms with Crippen molar-refractivity contribution in [3.8, 4) is 11.5 Å². The maximum Gasteiger partial charge on any atom is 0.251 e. The lowest BCUT2D eigenvalue weighted by molar-refractivity contribution is 0.0949. The maximum atomic E-state index is 12.5. The molecule has 4 aromatic rings. The number of aromatic nitrogens is 2. The number of methoxy groups -OCH3 is 1. The molecule has 1 aromatic heterocycles. The first kappa shape index (κ1) is 21.9. The van der Waals surface area contributed by atoms with Crippen LogP contribution in [0.2, 0.25) is 0 Å². The van der Waals surface area contributed by atoms with Crippen LogP contribution in [0.15, 0.2) is 77.3 Å². The van der Waals surface area contributed by atoms with Crippen molar-refractivity contribution in [2.45, 2.75) is 19.5 Å². The number of carbonyl (C=O) groups excluding carboxylic acids is 1. The van der Waals surface area contributed by atoms with E-state index in [0.29, 0.717) is 18.7 Å². The number of halogens is 1. The number of carbonyl (C=O) groups is 1. The number of ether oxygens (including phenoxy) is 2. The summed E-state index contributed by atoms with van der Waals surface area (Å²) in [6.07, 6.45) is 0.797. The van der Waals surface area contributed by atoms with Crippen molar-refractivity contribution < 1.29 is 14.3 Å². The second kappa shape index (κ2) is 10.3. The van der Waals surface area contributed by atoms with Gasteiger partial charge in [-0.3, -0.25) is 4.79 Å². The highest BCUT2D eigenvalue weighted by Gasteiger charge is 2.12. The normalized spacial score (nSPS) is 10.8. The summed E-state index contributed by atoms with van der Waals surface area (Å²) in [5.74, 6) is 2.24. The number of amides is 1. The molecule has 0 unspecified atom stereocenters. The summed E-state index contributed by atoms with van der Waals surface area (Å²) in [6.45, 7) is 1.64. The van der Waals surface area contributed by atoms with E-state index < -0.39 is 0 Å². The third kappa shape index (κ3) is 5.29. The quantitative estimate of drug-likeness (QED) is 0.325. The van der Waals surface area contributed by atoms with Gasteiger partial charge >= 0.3 is 0 Å². The SMILES string of the molecule is COc1cccc(OCCCn2c(CNC(=O)c3ccc(Br)cc3)nc3ccccc32)c1. The van der Waals surface area contributed by atoms with E-state index in [9.17, 15) is 4.79 Å². The number of fused-ring (bicyclic) bond motifs is 1. The highest BCUT2D eigenvalue weighted by molar-refractivity contribution is 9.10. The van der Waals surface area contributed by atoms with E-state index in [1.165, 1.54) is 0 Å². The number of benzene rings is 3. The summed E-state index contributed by atoms with van der Waals surface area (Å²) in [5, 5.41) is 2.98. The van der Waals surface area contributed by atoms with E-state index in [-0.39, 0.29) is 5.91 Å². The molecule has 0 aliphatic rings. The third-order valence-corrected chi connectivity index (χ3v) is 5.61. The molecule has 0 radical (unpaired) electrons. The number of nitrogens with one attached hydrogen (secondary N) is 1. The molecule has 0 spiro atoms. The van der Waals surface area contributed by atoms with Gasteiger partial charge in [0.15, 0.2) is 0 Å². The Morgan fingerprint density at radius 3 is 2.62 bits per heavy atom. The predicted molar refractivity (Wildman–Crippen MR) is 128 cm³/mol. The van der Waals surface area contributed by atoms with Gasteiger partial charge in [0.1, 0.15) is 17.3 Å². The Bertz CT molecular complexity index is 1200. The van der Waals surface area contributed by atoms with Gasteiger partial charge in [-0.2, -0.15) is 0 Å². The molecule has 0 fully saturated rings. The topological polar surface area (TPSA) is 65.4 Å². The lowest BCUT2D eigenvalue weighted by atomic mass is 10.2. The molecule has 6 nitrogen and oxygen atoms in total. The van der Waals surface area contributed by atoms with E-state index in [4.69, 9.17) is 14.5 Å². The van der Waals surface area contributed by atoms with Crippen LogP contribution in [0.25, 0.3) is 11.0 Å². The van der Waals surface area contributed by atoms with E-state index in [1.807, 2.05) is 60.7 Å². The van der Waals surface area contributed by atoms with E-state index in [0.717, 1.165) is 45.8 Å². The van der Waals surface area contributed by atoms with E-state index in [1.54, 1.807) is 19.2 Å². The molecule has 0 saturated carbocycles. The fraction of sp³-hybridized carbons (Fsp3) is 0.200. The third-order valence-electron chi connectivity index (χ3n) is 5.08. The van der Waals surface area contributed by atoms with Gasteiger partial charge in [-0.25, -0.2) is 4.98 Å². The molecular weight excluding hydrogens is 470 g/mol. The van der Waals surface area contributed by atoms with Gasteiger partial charge in [0.05, 0.1) is 31.3 Å². The average molecular weight is 494 g/mol. The van der Waals surface area contributed by atoms with Crippen molar-refractivity contribution in [3.63, 3.8) is 0 Å². The first-order chi connectivity index (χ1) is 15.6. The van der Waals surface area contributed by atoms with Crippen LogP contribution < -0.4 is 14.8 Å². The molecule has 0 saturated heterocycles. The van der Waals surface area contributed by atoms with Crippen LogP contribution in [-0.2, 0) is 13.1 Å². The molecule has 0 aliphatic heterocycles. The molecule has 0 aliphatic carbocycles. The van der Waals surface area contributed by atoms with Crippen LogP contribution in [0.1, 0.15) is 22.6 Å². The Morgan fingerprint density at radius 2 is 1.81 bits per heavy atom. The predicted octanol–water partition coefficient (Wildman–Crippen LogP) is 5.21. The van der Waals surface area contributed by atoms with Gasteiger partial charge in [0.2, 0.25) is 0 Å². The Hall–Kier alpha value is -3.32. The number of hydrogen-bond donors (Lipinski definition) is 1. The summed E-state index contributed by atoms with van der Waals surface area (Å²) in [4.78, 5) is 17.3. The summed E-state index contributed by atoms with van der Waals surface area (Å²) in [6, 6.07) is 22.9. The molecule has 4 rings (SSSR count). The van der Waals surface area contributed by atoms with Crippen LogP contribution in [0.5, 0.6) is 11.5 Å². The van der Waals surface area contributed by atoms with Crippen molar-refractivity contribution >= 4 is 32.9 Å². The number of para-hydroxylation sites is 2. The number of aryl methyl sites for hydroxylation is 1. The molecule has 164 valence electrons. The van der Waals surface area contributed by atoms with Crippen LogP contribution in [0, 0.1) is 0 Å². The molecule has 32 heavy (non-hydrogen) atoms. The highest BCUT2D eigenvalue weighted by atomic mass is 79.9. The van der Waals surface area contributed by atoms with Crippen LogP contribution >= 0.6 is 15.9 Å². The van der Waals surface area contributed by atoms with Crippen LogP contribution in [0.3, 0.4) is 0 Å². The number of nitrogens with zero attached hydrogens (tertiary/aromatic N) is 2. The summed E-state index contributed by atoms with van der Waals surface area (Å²) in [7, 11) is 1.64. The molecule has 0 atom stereocenters. The zero-order chi connectivity index (χ0) is 22.3. The minimum absolute atomic E-state index is 0.127. The highest BCUT2D eigenvalue weighted by Crippen LogP contribution is 2.20. The fourth-order valence-corrected chi connectivity index (χ4v) is 3.74. The zero-order valence-electron chi connectivity index (χ0n) is 17.8. The first-order valence-corrected chi connectivity index (χ1v) is 11.2. The van der Waals surface area contributed by atoms with Gasteiger partial charge in [-0.05, 0) is 55.0 Å². The minimum Gasteiger partial charge on any atom is -0.497 e. The molecule has 3 aromatic carbocycles. The summed E-state index contributed by atoms with van der Waals surface area (Å²) < 4.78 is 14.2. The molecule has 0 bridgehead atoms. The lowest BCUT2D eigenvalue weighted by Gasteiger charge is -2.12. The Kier molecular flexibility index (Phi) is 7.07. The van der Waals surface area contributed by atoms with Gasteiger partial charge in [-0.15, -0.1) is 0 Å². The Morgan fingerprint density at radius 1 is 1.03 bits per heavy atom. The van der Waals surface area contributed by atoms with Crippen molar-refractivity contribution in [1.29, 1.82) is 0 Å². The minimum atomic E-state index is -0.127. The molecule has 1 amide bonds.